The van der Waals surface area contributed by atoms with Crippen molar-refractivity contribution >= 4 is 23.4 Å². The smallest absolute Gasteiger partial charge is 0.251 e. The lowest BCUT2D eigenvalue weighted by Gasteiger charge is -2.10. The number of benzene rings is 1. The van der Waals surface area contributed by atoms with Crippen LogP contribution in [0.4, 0.5) is 17.5 Å². The summed E-state index contributed by atoms with van der Waals surface area (Å²) < 4.78 is 10.4. The fraction of sp³-hybridized carbons (Fsp3) is 0.238. The molecule has 3 N–H and O–H groups in total. The quantitative estimate of drug-likeness (QED) is 0.464. The number of hydrogen-bond donors (Lipinski definition) is 3. The summed E-state index contributed by atoms with van der Waals surface area (Å²) in [6, 6.07) is 12.5. The highest BCUT2D eigenvalue weighted by Crippen LogP contribution is 2.27. The van der Waals surface area contributed by atoms with Gasteiger partial charge in [-0.3, -0.25) is 4.79 Å². The summed E-state index contributed by atoms with van der Waals surface area (Å²) in [6.07, 6.45) is 1.73. The third-order valence-electron chi connectivity index (χ3n) is 4.20. The van der Waals surface area contributed by atoms with Crippen molar-refractivity contribution in [3.8, 4) is 11.5 Å². The molecule has 0 unspecified atom stereocenters. The average Bonchev–Trinajstić information content (AvgIpc) is 2.77. The van der Waals surface area contributed by atoms with Crippen LogP contribution in [-0.4, -0.2) is 48.4 Å². The lowest BCUT2D eigenvalue weighted by molar-refractivity contribution is 0.0954. The number of amides is 1. The fourth-order valence-electron chi connectivity index (χ4n) is 2.68. The van der Waals surface area contributed by atoms with E-state index in [4.69, 9.17) is 9.47 Å². The largest absolute Gasteiger partial charge is 0.493 e. The molecule has 9 heteroatoms. The molecule has 3 rings (SSSR count). The summed E-state index contributed by atoms with van der Waals surface area (Å²) in [5.41, 5.74) is 1.60. The average molecular weight is 408 g/mol. The van der Waals surface area contributed by atoms with Crippen LogP contribution in [-0.2, 0) is 0 Å². The molecule has 2 aromatic heterocycles. The molecule has 0 aliphatic heterocycles. The van der Waals surface area contributed by atoms with Crippen molar-refractivity contribution in [3.05, 3.63) is 59.8 Å². The second-order valence-corrected chi connectivity index (χ2v) is 6.40. The summed E-state index contributed by atoms with van der Waals surface area (Å²) in [7, 11) is 3.08. The van der Waals surface area contributed by atoms with E-state index in [0.717, 1.165) is 5.56 Å². The highest BCUT2D eigenvalue weighted by molar-refractivity contribution is 5.94. The first-order valence-corrected chi connectivity index (χ1v) is 9.36. The van der Waals surface area contributed by atoms with E-state index >= 15 is 0 Å². The van der Waals surface area contributed by atoms with Crippen molar-refractivity contribution in [1.29, 1.82) is 0 Å². The maximum atomic E-state index is 12.3. The molecular weight excluding hydrogens is 384 g/mol. The number of nitrogens with one attached hydrogen (secondary N) is 3. The Morgan fingerprint density at radius 3 is 2.37 bits per heavy atom. The minimum absolute atomic E-state index is 0.200. The van der Waals surface area contributed by atoms with Gasteiger partial charge in [-0.25, -0.2) is 4.98 Å². The summed E-state index contributed by atoms with van der Waals surface area (Å²) in [5, 5.41) is 17.3. The van der Waals surface area contributed by atoms with Crippen LogP contribution in [0.2, 0.25) is 0 Å². The van der Waals surface area contributed by atoms with Gasteiger partial charge in [0.25, 0.3) is 5.91 Å². The minimum Gasteiger partial charge on any atom is -0.493 e. The van der Waals surface area contributed by atoms with Crippen LogP contribution in [0.1, 0.15) is 15.9 Å². The molecule has 2 heterocycles. The molecular formula is C21H24N6O3. The number of ether oxygens (including phenoxy) is 2. The SMILES string of the molecule is COc1ccc(C(=O)NCCNc2ccc(Nc3cc(C)ccn3)nn2)cc1OC. The lowest BCUT2D eigenvalue weighted by atomic mass is 10.2. The number of carbonyl (C=O) groups is 1. The molecule has 1 amide bonds. The number of nitrogens with zero attached hydrogens (tertiary/aromatic N) is 3. The molecule has 0 radical (unpaired) electrons. The van der Waals surface area contributed by atoms with E-state index in [9.17, 15) is 4.79 Å². The Morgan fingerprint density at radius 2 is 1.67 bits per heavy atom. The van der Waals surface area contributed by atoms with Crippen molar-refractivity contribution < 1.29 is 14.3 Å². The highest BCUT2D eigenvalue weighted by Gasteiger charge is 2.10. The molecule has 0 aliphatic carbocycles. The van der Waals surface area contributed by atoms with Gasteiger partial charge in [0, 0.05) is 24.8 Å². The maximum absolute atomic E-state index is 12.3. The second-order valence-electron chi connectivity index (χ2n) is 6.40. The molecule has 0 fully saturated rings. The normalized spacial score (nSPS) is 10.2. The summed E-state index contributed by atoms with van der Waals surface area (Å²) >= 11 is 0. The first kappa shape index (κ1) is 20.8. The van der Waals surface area contributed by atoms with Crippen molar-refractivity contribution in [2.45, 2.75) is 6.92 Å². The molecule has 30 heavy (non-hydrogen) atoms. The van der Waals surface area contributed by atoms with Crippen LogP contribution >= 0.6 is 0 Å². The molecule has 3 aromatic rings. The Bertz CT molecular complexity index is 994. The first-order chi connectivity index (χ1) is 14.6. The van der Waals surface area contributed by atoms with Crippen molar-refractivity contribution in [3.63, 3.8) is 0 Å². The molecule has 0 spiro atoms. The van der Waals surface area contributed by atoms with Crippen molar-refractivity contribution in [2.75, 3.05) is 37.9 Å². The Kier molecular flexibility index (Phi) is 6.99. The zero-order valence-corrected chi connectivity index (χ0v) is 17.1. The van der Waals surface area contributed by atoms with Crippen LogP contribution < -0.4 is 25.4 Å². The van der Waals surface area contributed by atoms with Gasteiger partial charge in [-0.2, -0.15) is 0 Å². The van der Waals surface area contributed by atoms with E-state index in [2.05, 4.69) is 31.1 Å². The van der Waals surface area contributed by atoms with Crippen LogP contribution in [0.3, 0.4) is 0 Å². The maximum Gasteiger partial charge on any atom is 0.251 e. The van der Waals surface area contributed by atoms with Crippen LogP contribution in [0.25, 0.3) is 0 Å². The van der Waals surface area contributed by atoms with E-state index < -0.39 is 0 Å². The van der Waals surface area contributed by atoms with E-state index in [0.29, 0.717) is 47.6 Å². The molecule has 1 aromatic carbocycles. The number of carbonyl (C=O) groups excluding carboxylic acids is 1. The second kappa shape index (κ2) is 10.1. The van der Waals surface area contributed by atoms with E-state index in [1.165, 1.54) is 7.11 Å². The van der Waals surface area contributed by atoms with Gasteiger partial charge in [0.1, 0.15) is 11.6 Å². The minimum atomic E-state index is -0.200. The van der Waals surface area contributed by atoms with Crippen LogP contribution in [0.15, 0.2) is 48.7 Å². The number of methoxy groups -OCH3 is 2. The molecule has 9 nitrogen and oxygen atoms in total. The number of anilines is 3. The van der Waals surface area contributed by atoms with Gasteiger partial charge in [-0.05, 0) is 55.0 Å². The van der Waals surface area contributed by atoms with Gasteiger partial charge in [-0.1, -0.05) is 0 Å². The predicted octanol–water partition coefficient (Wildman–Crippen LogP) is 2.78. The van der Waals surface area contributed by atoms with Gasteiger partial charge in [0.2, 0.25) is 0 Å². The Balaban J connectivity index is 1.45. The van der Waals surface area contributed by atoms with Crippen molar-refractivity contribution in [1.82, 2.24) is 20.5 Å². The summed E-state index contributed by atoms with van der Waals surface area (Å²) in [5.74, 6) is 2.80. The Labute approximate surface area is 174 Å². The zero-order chi connectivity index (χ0) is 21.3. The van der Waals surface area contributed by atoms with Gasteiger partial charge < -0.3 is 25.4 Å². The first-order valence-electron chi connectivity index (χ1n) is 9.36. The highest BCUT2D eigenvalue weighted by atomic mass is 16.5. The monoisotopic (exact) mass is 408 g/mol. The third-order valence-corrected chi connectivity index (χ3v) is 4.20. The number of hydrogen-bond acceptors (Lipinski definition) is 8. The Hall–Kier alpha value is -3.88. The van der Waals surface area contributed by atoms with E-state index in [1.54, 1.807) is 37.6 Å². The van der Waals surface area contributed by atoms with Crippen molar-refractivity contribution in [2.24, 2.45) is 0 Å². The van der Waals surface area contributed by atoms with E-state index in [-0.39, 0.29) is 5.91 Å². The fourth-order valence-corrected chi connectivity index (χ4v) is 2.68. The lowest BCUT2D eigenvalue weighted by Crippen LogP contribution is -2.28. The molecule has 0 saturated heterocycles. The Morgan fingerprint density at radius 1 is 0.900 bits per heavy atom. The number of aryl methyl sites for hydroxylation is 1. The third kappa shape index (κ3) is 5.57. The molecule has 0 aliphatic rings. The number of aromatic nitrogens is 3. The number of rotatable bonds is 9. The zero-order valence-electron chi connectivity index (χ0n) is 17.1. The molecule has 0 bridgehead atoms. The number of pyridine rings is 1. The molecule has 0 saturated carbocycles. The van der Waals surface area contributed by atoms with Gasteiger partial charge in [0.15, 0.2) is 17.3 Å². The van der Waals surface area contributed by atoms with Crippen LogP contribution in [0, 0.1) is 6.92 Å². The van der Waals surface area contributed by atoms with Gasteiger partial charge in [-0.15, -0.1) is 10.2 Å². The molecule has 156 valence electrons. The van der Waals surface area contributed by atoms with E-state index in [1.807, 2.05) is 25.1 Å². The summed E-state index contributed by atoms with van der Waals surface area (Å²) in [4.78, 5) is 16.5. The topological polar surface area (TPSA) is 110 Å². The van der Waals surface area contributed by atoms with Gasteiger partial charge in [0.05, 0.1) is 14.2 Å². The van der Waals surface area contributed by atoms with Gasteiger partial charge >= 0.3 is 0 Å². The standard InChI is InChI=1S/C21H24N6O3/c1-14-8-9-22-20(12-14)25-19-7-6-18(26-27-19)23-10-11-24-21(28)15-4-5-16(29-2)17(13-15)30-3/h4-9,12-13H,10-11H2,1-3H3,(H,23,26)(H,24,28)(H,22,25,27). The summed E-state index contributed by atoms with van der Waals surface area (Å²) in [6.45, 7) is 2.91. The molecule has 0 atom stereocenters. The predicted molar refractivity (Wildman–Crippen MR) is 115 cm³/mol. The van der Waals surface area contributed by atoms with Crippen LogP contribution in [0.5, 0.6) is 11.5 Å².